The summed E-state index contributed by atoms with van der Waals surface area (Å²) in [4.78, 5) is 33.8. The van der Waals surface area contributed by atoms with Crippen LogP contribution in [0.4, 0.5) is 0 Å². The number of nitrogens with zero attached hydrogens (tertiary/aromatic N) is 2. The largest absolute Gasteiger partial charge is 0.352 e. The number of thioether (sulfide) groups is 1. The SMILES string of the molecule is Cc1ccc(-n2c(SCC(=O)NC3CCCCC3C)nc3sc4c(c3c2=O)CCCC4)cc1C. The van der Waals surface area contributed by atoms with Gasteiger partial charge in [0.15, 0.2) is 5.16 Å². The Morgan fingerprint density at radius 1 is 1.15 bits per heavy atom. The van der Waals surface area contributed by atoms with E-state index in [1.165, 1.54) is 53.4 Å². The third-order valence-corrected chi connectivity index (χ3v) is 9.62. The second-order valence-corrected chi connectivity index (χ2v) is 11.9. The van der Waals surface area contributed by atoms with E-state index >= 15 is 0 Å². The molecule has 0 saturated heterocycles. The minimum Gasteiger partial charge on any atom is -0.352 e. The molecule has 3 aromatic rings. The highest BCUT2D eigenvalue weighted by atomic mass is 32.2. The highest BCUT2D eigenvalue weighted by molar-refractivity contribution is 7.99. The van der Waals surface area contributed by atoms with Gasteiger partial charge in [0, 0.05) is 10.9 Å². The molecule has 2 heterocycles. The van der Waals surface area contributed by atoms with Gasteiger partial charge >= 0.3 is 0 Å². The summed E-state index contributed by atoms with van der Waals surface area (Å²) in [7, 11) is 0. The maximum Gasteiger partial charge on any atom is 0.267 e. The topological polar surface area (TPSA) is 64.0 Å². The number of rotatable bonds is 5. The predicted molar refractivity (Wildman–Crippen MR) is 142 cm³/mol. The summed E-state index contributed by atoms with van der Waals surface area (Å²) in [5.41, 5.74) is 4.34. The van der Waals surface area contributed by atoms with Gasteiger partial charge in [0.25, 0.3) is 5.56 Å². The summed E-state index contributed by atoms with van der Waals surface area (Å²) < 4.78 is 1.73. The first-order valence-corrected chi connectivity index (χ1v) is 14.3. The van der Waals surface area contributed by atoms with Gasteiger partial charge in [-0.25, -0.2) is 4.98 Å². The number of thiophene rings is 1. The van der Waals surface area contributed by atoms with Crippen molar-refractivity contribution < 1.29 is 4.79 Å². The fraction of sp³-hybridized carbons (Fsp3) is 0.519. The number of hydrogen-bond donors (Lipinski definition) is 1. The Morgan fingerprint density at radius 3 is 2.74 bits per heavy atom. The maximum absolute atomic E-state index is 13.9. The van der Waals surface area contributed by atoms with Crippen LogP contribution in [0.3, 0.4) is 0 Å². The van der Waals surface area contributed by atoms with Gasteiger partial charge in [-0.15, -0.1) is 11.3 Å². The van der Waals surface area contributed by atoms with E-state index in [1.54, 1.807) is 15.9 Å². The average molecular weight is 496 g/mol. The fourth-order valence-corrected chi connectivity index (χ4v) is 7.41. The van der Waals surface area contributed by atoms with E-state index in [9.17, 15) is 9.59 Å². The number of fused-ring (bicyclic) bond motifs is 3. The monoisotopic (exact) mass is 495 g/mol. The summed E-state index contributed by atoms with van der Waals surface area (Å²) >= 11 is 3.03. The second-order valence-electron chi connectivity index (χ2n) is 9.92. The van der Waals surface area contributed by atoms with Crippen LogP contribution in [0.2, 0.25) is 0 Å². The minimum absolute atomic E-state index is 0.00327. The van der Waals surface area contributed by atoms with Gasteiger partial charge in [0.05, 0.1) is 16.8 Å². The van der Waals surface area contributed by atoms with Crippen LogP contribution in [-0.4, -0.2) is 27.3 Å². The van der Waals surface area contributed by atoms with Crippen LogP contribution in [0.25, 0.3) is 15.9 Å². The lowest BCUT2D eigenvalue weighted by molar-refractivity contribution is -0.119. The van der Waals surface area contributed by atoms with E-state index in [1.807, 2.05) is 6.07 Å². The molecule has 1 aromatic carbocycles. The van der Waals surface area contributed by atoms with Crippen LogP contribution in [0.5, 0.6) is 0 Å². The van der Waals surface area contributed by atoms with Gasteiger partial charge in [-0.3, -0.25) is 14.2 Å². The van der Waals surface area contributed by atoms with Crippen LogP contribution < -0.4 is 10.9 Å². The summed E-state index contributed by atoms with van der Waals surface area (Å²) in [6.07, 6.45) is 8.93. The summed E-state index contributed by atoms with van der Waals surface area (Å²) in [6, 6.07) is 6.35. The van der Waals surface area contributed by atoms with Crippen LogP contribution in [0, 0.1) is 19.8 Å². The first-order valence-electron chi connectivity index (χ1n) is 12.5. The minimum atomic E-state index is -0.00327. The van der Waals surface area contributed by atoms with E-state index in [4.69, 9.17) is 4.98 Å². The molecule has 2 aromatic heterocycles. The van der Waals surface area contributed by atoms with Gasteiger partial charge in [-0.05, 0) is 87.1 Å². The van der Waals surface area contributed by atoms with Crippen LogP contribution >= 0.6 is 23.1 Å². The quantitative estimate of drug-likeness (QED) is 0.363. The highest BCUT2D eigenvalue weighted by Gasteiger charge is 2.25. The third-order valence-electron chi connectivity index (χ3n) is 7.50. The van der Waals surface area contributed by atoms with E-state index in [0.717, 1.165) is 47.2 Å². The van der Waals surface area contributed by atoms with Gasteiger partial charge in [0.2, 0.25) is 5.91 Å². The lowest BCUT2D eigenvalue weighted by Gasteiger charge is -2.29. The Balaban J connectivity index is 1.51. The molecule has 0 spiro atoms. The third kappa shape index (κ3) is 4.57. The molecule has 1 amide bonds. The fourth-order valence-electron chi connectivity index (χ4n) is 5.28. The second kappa shape index (κ2) is 9.86. The molecule has 0 aliphatic heterocycles. The summed E-state index contributed by atoms with van der Waals surface area (Å²) in [5.74, 6) is 0.801. The number of carbonyl (C=O) groups is 1. The molecule has 2 unspecified atom stereocenters. The molecule has 0 bridgehead atoms. The molecule has 0 radical (unpaired) electrons. The Labute approximate surface area is 209 Å². The van der Waals surface area contributed by atoms with E-state index in [0.29, 0.717) is 11.1 Å². The number of amides is 1. The van der Waals surface area contributed by atoms with Crippen molar-refractivity contribution in [3.05, 3.63) is 50.1 Å². The molecular formula is C27H33N3O2S2. The van der Waals surface area contributed by atoms with Crippen molar-refractivity contribution in [1.29, 1.82) is 0 Å². The van der Waals surface area contributed by atoms with Crippen molar-refractivity contribution in [1.82, 2.24) is 14.9 Å². The highest BCUT2D eigenvalue weighted by Crippen LogP contribution is 2.35. The molecule has 5 nitrogen and oxygen atoms in total. The standard InChI is InChI=1S/C27H33N3O2S2/c1-16-12-13-19(14-18(16)3)30-26(32)24-20-9-5-7-11-22(20)34-25(24)29-27(30)33-15-23(31)28-21-10-6-4-8-17(21)2/h12-14,17,21H,4-11,15H2,1-3H3,(H,28,31). The zero-order chi connectivity index (χ0) is 23.8. The normalized spacial score (nSPS) is 20.3. The van der Waals surface area contributed by atoms with Gasteiger partial charge in [-0.1, -0.05) is 37.6 Å². The Hall–Kier alpha value is -2.12. The zero-order valence-corrected chi connectivity index (χ0v) is 21.9. The summed E-state index contributed by atoms with van der Waals surface area (Å²) in [6.45, 7) is 6.36. The first-order chi connectivity index (χ1) is 16.4. The molecule has 1 saturated carbocycles. The van der Waals surface area contributed by atoms with Crippen molar-refractivity contribution >= 4 is 39.2 Å². The number of hydrogen-bond acceptors (Lipinski definition) is 5. The molecular weight excluding hydrogens is 462 g/mol. The van der Waals surface area contributed by atoms with Gasteiger partial charge < -0.3 is 5.32 Å². The van der Waals surface area contributed by atoms with Crippen LogP contribution in [-0.2, 0) is 17.6 Å². The molecule has 2 aliphatic carbocycles. The molecule has 2 atom stereocenters. The van der Waals surface area contributed by atoms with E-state index in [2.05, 4.69) is 38.2 Å². The molecule has 7 heteroatoms. The molecule has 180 valence electrons. The lowest BCUT2D eigenvalue weighted by Crippen LogP contribution is -2.41. The van der Waals surface area contributed by atoms with Gasteiger partial charge in [0.1, 0.15) is 4.83 Å². The van der Waals surface area contributed by atoms with Crippen molar-refractivity contribution in [2.24, 2.45) is 5.92 Å². The Bertz CT molecular complexity index is 1290. The van der Waals surface area contributed by atoms with Crippen molar-refractivity contribution in [2.75, 3.05) is 5.75 Å². The molecule has 1 fully saturated rings. The molecule has 34 heavy (non-hydrogen) atoms. The lowest BCUT2D eigenvalue weighted by atomic mass is 9.86. The number of aryl methyl sites for hydroxylation is 4. The van der Waals surface area contributed by atoms with Crippen LogP contribution in [0.15, 0.2) is 28.2 Å². The van der Waals surface area contributed by atoms with Crippen LogP contribution in [0.1, 0.15) is 67.0 Å². The van der Waals surface area contributed by atoms with Gasteiger partial charge in [-0.2, -0.15) is 0 Å². The maximum atomic E-state index is 13.9. The van der Waals surface area contributed by atoms with Crippen molar-refractivity contribution in [2.45, 2.75) is 83.3 Å². The van der Waals surface area contributed by atoms with Crippen molar-refractivity contribution in [3.8, 4) is 5.69 Å². The number of carbonyl (C=O) groups excluding carboxylic acids is 1. The molecule has 2 aliphatic rings. The van der Waals surface area contributed by atoms with E-state index in [-0.39, 0.29) is 23.3 Å². The zero-order valence-electron chi connectivity index (χ0n) is 20.3. The number of nitrogens with one attached hydrogen (secondary N) is 1. The first kappa shape index (κ1) is 23.6. The summed E-state index contributed by atoms with van der Waals surface area (Å²) in [5, 5.41) is 4.62. The Kier molecular flexibility index (Phi) is 6.85. The molecule has 1 N–H and O–H groups in total. The number of benzene rings is 1. The van der Waals surface area contributed by atoms with Crippen molar-refractivity contribution in [3.63, 3.8) is 0 Å². The smallest absolute Gasteiger partial charge is 0.267 e. The average Bonchev–Trinajstić information content (AvgIpc) is 3.20. The number of aromatic nitrogens is 2. The predicted octanol–water partition coefficient (Wildman–Crippen LogP) is 5.73. The molecule has 5 rings (SSSR count). The van der Waals surface area contributed by atoms with E-state index < -0.39 is 0 Å². The Morgan fingerprint density at radius 2 is 1.94 bits per heavy atom.